The van der Waals surface area contributed by atoms with Crippen LogP contribution in [0.5, 0.6) is 0 Å². The van der Waals surface area contributed by atoms with Gasteiger partial charge in [-0.2, -0.15) is 0 Å². The Morgan fingerprint density at radius 3 is 3.07 bits per heavy atom. The molecule has 0 aliphatic rings. The number of rotatable bonds is 2. The van der Waals surface area contributed by atoms with Gasteiger partial charge in [-0.25, -0.2) is 15.6 Å². The molecule has 0 unspecified atom stereocenters. The molecule has 2 rings (SSSR count). The van der Waals surface area contributed by atoms with Crippen LogP contribution in [0, 0.1) is 0 Å². The van der Waals surface area contributed by atoms with E-state index in [1.165, 1.54) is 12.3 Å². The number of carboxylic acids is 1. The van der Waals surface area contributed by atoms with Crippen LogP contribution < -0.4 is 11.3 Å². The molecule has 0 bridgehead atoms. The van der Waals surface area contributed by atoms with Gasteiger partial charge in [0, 0.05) is 12.3 Å². The van der Waals surface area contributed by atoms with Crippen molar-refractivity contribution in [2.45, 2.75) is 0 Å². The number of pyridine rings is 1. The van der Waals surface area contributed by atoms with E-state index in [0.717, 1.165) is 0 Å². The summed E-state index contributed by atoms with van der Waals surface area (Å²) in [6.45, 7) is 0. The van der Waals surface area contributed by atoms with Crippen LogP contribution in [0.2, 0.25) is 0 Å². The summed E-state index contributed by atoms with van der Waals surface area (Å²) in [6, 6.07) is 2.95. The molecule has 2 aromatic heterocycles. The van der Waals surface area contributed by atoms with Crippen molar-refractivity contribution in [3.8, 4) is 0 Å². The zero-order chi connectivity index (χ0) is 10.1. The van der Waals surface area contributed by atoms with Crippen molar-refractivity contribution < 1.29 is 14.3 Å². The maximum Gasteiger partial charge on any atom is 0.371 e. The van der Waals surface area contributed by atoms with Gasteiger partial charge in [0.2, 0.25) is 5.76 Å². The second-order valence-electron chi connectivity index (χ2n) is 2.63. The maximum atomic E-state index is 10.6. The van der Waals surface area contributed by atoms with Crippen molar-refractivity contribution in [3.63, 3.8) is 0 Å². The molecule has 6 heteroatoms. The first-order valence-electron chi connectivity index (χ1n) is 3.81. The van der Waals surface area contributed by atoms with Gasteiger partial charge in [0.25, 0.3) is 0 Å². The van der Waals surface area contributed by atoms with Crippen molar-refractivity contribution >= 4 is 22.8 Å². The molecule has 0 amide bonds. The number of nitrogens with one attached hydrogen (secondary N) is 1. The molecule has 0 aromatic carbocycles. The predicted molar refractivity (Wildman–Crippen MR) is 48.8 cm³/mol. The van der Waals surface area contributed by atoms with Crippen LogP contribution in [-0.4, -0.2) is 16.1 Å². The first-order chi connectivity index (χ1) is 6.72. The number of hydrogen-bond acceptors (Lipinski definition) is 5. The molecule has 72 valence electrons. The van der Waals surface area contributed by atoms with Crippen LogP contribution >= 0.6 is 0 Å². The monoisotopic (exact) mass is 193 g/mol. The molecule has 0 saturated carbocycles. The largest absolute Gasteiger partial charge is 0.475 e. The fourth-order valence-electron chi connectivity index (χ4n) is 1.18. The van der Waals surface area contributed by atoms with Crippen LogP contribution in [0.4, 0.5) is 5.82 Å². The average molecular weight is 193 g/mol. The molecule has 0 fully saturated rings. The smallest absolute Gasteiger partial charge is 0.371 e. The van der Waals surface area contributed by atoms with Gasteiger partial charge in [-0.1, -0.05) is 0 Å². The Hall–Kier alpha value is -2.08. The summed E-state index contributed by atoms with van der Waals surface area (Å²) in [5, 5.41) is 9.23. The Kier molecular flexibility index (Phi) is 1.83. The topological polar surface area (TPSA) is 101 Å². The van der Waals surface area contributed by atoms with E-state index in [1.54, 1.807) is 6.07 Å². The Morgan fingerprint density at radius 2 is 2.43 bits per heavy atom. The maximum absolute atomic E-state index is 10.6. The van der Waals surface area contributed by atoms with Crippen molar-refractivity contribution in [1.82, 2.24) is 4.98 Å². The number of aromatic carboxylic acids is 1. The van der Waals surface area contributed by atoms with E-state index in [2.05, 4.69) is 10.4 Å². The minimum atomic E-state index is -1.12. The fraction of sp³-hybridized carbons (Fsp3) is 0. The summed E-state index contributed by atoms with van der Waals surface area (Å²) < 4.78 is 5.04. The third kappa shape index (κ3) is 1.17. The van der Waals surface area contributed by atoms with Crippen LogP contribution in [0.1, 0.15) is 10.6 Å². The van der Waals surface area contributed by atoms with Crippen LogP contribution in [0.25, 0.3) is 11.0 Å². The second-order valence-corrected chi connectivity index (χ2v) is 2.63. The number of hydrogen-bond donors (Lipinski definition) is 3. The lowest BCUT2D eigenvalue weighted by Crippen LogP contribution is -2.08. The van der Waals surface area contributed by atoms with Gasteiger partial charge < -0.3 is 14.9 Å². The van der Waals surface area contributed by atoms with Gasteiger partial charge >= 0.3 is 5.97 Å². The van der Waals surface area contributed by atoms with Gasteiger partial charge in [0.05, 0.1) is 5.39 Å². The highest BCUT2D eigenvalue weighted by Crippen LogP contribution is 2.23. The van der Waals surface area contributed by atoms with Crippen LogP contribution in [-0.2, 0) is 0 Å². The third-order valence-corrected chi connectivity index (χ3v) is 1.79. The zero-order valence-electron chi connectivity index (χ0n) is 7.02. The summed E-state index contributed by atoms with van der Waals surface area (Å²) in [7, 11) is 0. The molecule has 2 aromatic rings. The number of nitrogens with zero attached hydrogens (tertiary/aromatic N) is 1. The quantitative estimate of drug-likeness (QED) is 0.482. The van der Waals surface area contributed by atoms with E-state index in [1.807, 2.05) is 0 Å². The molecule has 0 spiro atoms. The van der Waals surface area contributed by atoms with Gasteiger partial charge in [0.15, 0.2) is 5.82 Å². The molecule has 14 heavy (non-hydrogen) atoms. The molecule has 0 atom stereocenters. The number of carbonyl (C=O) groups is 1. The summed E-state index contributed by atoms with van der Waals surface area (Å²) in [4.78, 5) is 14.5. The fourth-order valence-corrected chi connectivity index (χ4v) is 1.18. The lowest BCUT2D eigenvalue weighted by atomic mass is 10.3. The lowest BCUT2D eigenvalue weighted by molar-refractivity contribution is 0.0665. The highest BCUT2D eigenvalue weighted by molar-refractivity contribution is 5.95. The summed E-state index contributed by atoms with van der Waals surface area (Å²) >= 11 is 0. The molecular weight excluding hydrogens is 186 g/mol. The summed E-state index contributed by atoms with van der Waals surface area (Å²) in [6.07, 6.45) is 1.48. The summed E-state index contributed by atoms with van der Waals surface area (Å²) in [5.41, 5.74) is 2.79. The first kappa shape index (κ1) is 8.52. The van der Waals surface area contributed by atoms with E-state index < -0.39 is 5.97 Å². The molecule has 0 aliphatic heterocycles. The van der Waals surface area contributed by atoms with Gasteiger partial charge in [-0.3, -0.25) is 0 Å². The number of aromatic nitrogens is 1. The van der Waals surface area contributed by atoms with E-state index in [0.29, 0.717) is 16.8 Å². The molecule has 2 heterocycles. The normalized spacial score (nSPS) is 10.4. The van der Waals surface area contributed by atoms with Gasteiger partial charge in [-0.05, 0) is 6.07 Å². The molecule has 0 aliphatic carbocycles. The van der Waals surface area contributed by atoms with Gasteiger partial charge in [-0.15, -0.1) is 0 Å². The van der Waals surface area contributed by atoms with Crippen molar-refractivity contribution in [1.29, 1.82) is 0 Å². The van der Waals surface area contributed by atoms with Crippen molar-refractivity contribution in [3.05, 3.63) is 24.1 Å². The number of hydrazine groups is 1. The average Bonchev–Trinajstić information content (AvgIpc) is 2.60. The molecule has 0 saturated heterocycles. The Labute approximate surface area is 78.3 Å². The van der Waals surface area contributed by atoms with E-state index in [9.17, 15) is 4.79 Å². The number of carboxylic acid groups (broad SMARTS) is 1. The molecule has 0 radical (unpaired) electrons. The number of nitrogen functional groups attached to an aromatic ring is 1. The van der Waals surface area contributed by atoms with Crippen molar-refractivity contribution in [2.75, 3.05) is 5.43 Å². The Morgan fingerprint density at radius 1 is 1.64 bits per heavy atom. The van der Waals surface area contributed by atoms with E-state index in [4.69, 9.17) is 15.4 Å². The molecule has 6 nitrogen and oxygen atoms in total. The van der Waals surface area contributed by atoms with Gasteiger partial charge in [0.1, 0.15) is 5.58 Å². The Bertz CT molecular complexity index is 492. The molecule has 4 N–H and O–H groups in total. The SMILES string of the molecule is NNc1nccc2oc(C(=O)O)cc12. The number of fused-ring (bicyclic) bond motifs is 1. The minimum absolute atomic E-state index is 0.135. The number of nitrogens with two attached hydrogens (primary N) is 1. The highest BCUT2D eigenvalue weighted by atomic mass is 16.4. The van der Waals surface area contributed by atoms with Crippen molar-refractivity contribution in [2.24, 2.45) is 5.84 Å². The number of furan rings is 1. The number of anilines is 1. The minimum Gasteiger partial charge on any atom is -0.475 e. The second kappa shape index (κ2) is 3.00. The highest BCUT2D eigenvalue weighted by Gasteiger charge is 2.12. The van der Waals surface area contributed by atoms with E-state index in [-0.39, 0.29) is 5.76 Å². The Balaban J connectivity index is 2.70. The third-order valence-electron chi connectivity index (χ3n) is 1.79. The standard InChI is InChI=1S/C8H7N3O3/c9-11-7-4-3-6(8(12)13)14-5(4)1-2-10-7/h1-3H,9H2,(H,10,11)(H,12,13). The van der Waals surface area contributed by atoms with Crippen LogP contribution in [0.3, 0.4) is 0 Å². The molecular formula is C8H7N3O3. The van der Waals surface area contributed by atoms with E-state index >= 15 is 0 Å². The lowest BCUT2D eigenvalue weighted by Gasteiger charge is -1.97. The zero-order valence-corrected chi connectivity index (χ0v) is 7.02. The first-order valence-corrected chi connectivity index (χ1v) is 3.81. The van der Waals surface area contributed by atoms with Crippen LogP contribution in [0.15, 0.2) is 22.7 Å². The predicted octanol–water partition coefficient (Wildman–Crippen LogP) is 0.812. The summed E-state index contributed by atoms with van der Waals surface area (Å²) in [5.74, 6) is 4.33.